The predicted octanol–water partition coefficient (Wildman–Crippen LogP) is 1.57. The third kappa shape index (κ3) is 5.89. The summed E-state index contributed by atoms with van der Waals surface area (Å²) < 4.78 is 0. The molecule has 2 N–H and O–H groups in total. The van der Waals surface area contributed by atoms with E-state index in [1.165, 1.54) is 0 Å². The van der Waals surface area contributed by atoms with Crippen molar-refractivity contribution >= 4 is 5.91 Å². The van der Waals surface area contributed by atoms with Gasteiger partial charge < -0.3 is 15.3 Å². The SMILES string of the molecule is CC(C)CC(CO)NC(=O)c1cccc(CN2CCN(C)CC2)c1. The largest absolute Gasteiger partial charge is 0.394 e. The molecule has 5 nitrogen and oxygen atoms in total. The fourth-order valence-electron chi connectivity index (χ4n) is 3.09. The quantitative estimate of drug-likeness (QED) is 0.795. The lowest BCUT2D eigenvalue weighted by Crippen LogP contribution is -2.43. The smallest absolute Gasteiger partial charge is 0.251 e. The number of carbonyl (C=O) groups is 1. The van der Waals surface area contributed by atoms with Gasteiger partial charge in [0.1, 0.15) is 0 Å². The number of nitrogens with one attached hydrogen (secondary N) is 1. The molecule has 1 aromatic rings. The number of likely N-dealkylation sites (N-methyl/N-ethyl adjacent to an activating group) is 1. The van der Waals surface area contributed by atoms with E-state index < -0.39 is 0 Å². The van der Waals surface area contributed by atoms with Crippen LogP contribution in [0.1, 0.15) is 36.2 Å². The summed E-state index contributed by atoms with van der Waals surface area (Å²) in [5, 5.41) is 12.4. The monoisotopic (exact) mass is 333 g/mol. The van der Waals surface area contributed by atoms with Crippen LogP contribution in [-0.4, -0.2) is 66.7 Å². The lowest BCUT2D eigenvalue weighted by Gasteiger charge is -2.32. The Morgan fingerprint density at radius 2 is 1.96 bits per heavy atom. The number of carbonyl (C=O) groups excluding carboxylic acids is 1. The van der Waals surface area contributed by atoms with Crippen LogP contribution in [0.4, 0.5) is 0 Å². The zero-order chi connectivity index (χ0) is 17.5. The van der Waals surface area contributed by atoms with E-state index in [1.54, 1.807) is 0 Å². The van der Waals surface area contributed by atoms with E-state index in [1.807, 2.05) is 18.2 Å². The zero-order valence-corrected chi connectivity index (χ0v) is 15.2. The van der Waals surface area contributed by atoms with E-state index in [4.69, 9.17) is 0 Å². The molecule has 1 heterocycles. The molecule has 2 rings (SSSR count). The second kappa shape index (κ2) is 9.16. The molecular weight excluding hydrogens is 302 g/mol. The number of benzene rings is 1. The van der Waals surface area contributed by atoms with E-state index in [2.05, 4.69) is 42.1 Å². The number of aliphatic hydroxyl groups excluding tert-OH is 1. The van der Waals surface area contributed by atoms with E-state index in [0.29, 0.717) is 11.5 Å². The molecule has 1 aliphatic rings. The van der Waals surface area contributed by atoms with Crippen LogP contribution in [-0.2, 0) is 6.54 Å². The Hall–Kier alpha value is -1.43. The van der Waals surface area contributed by atoms with Crippen molar-refractivity contribution in [3.8, 4) is 0 Å². The molecule has 0 aliphatic carbocycles. The molecule has 0 radical (unpaired) electrons. The average Bonchev–Trinajstić information content (AvgIpc) is 2.56. The van der Waals surface area contributed by atoms with Crippen molar-refractivity contribution in [1.82, 2.24) is 15.1 Å². The Kier molecular flexibility index (Phi) is 7.21. The second-order valence-corrected chi connectivity index (χ2v) is 7.26. The van der Waals surface area contributed by atoms with Crippen LogP contribution >= 0.6 is 0 Å². The first-order valence-corrected chi connectivity index (χ1v) is 8.89. The number of nitrogens with zero attached hydrogens (tertiary/aromatic N) is 2. The number of piperazine rings is 1. The van der Waals surface area contributed by atoms with Gasteiger partial charge in [0, 0.05) is 38.3 Å². The van der Waals surface area contributed by atoms with Gasteiger partial charge in [0.25, 0.3) is 5.91 Å². The molecule has 5 heteroatoms. The highest BCUT2D eigenvalue weighted by Gasteiger charge is 2.16. The molecule has 1 fully saturated rings. The van der Waals surface area contributed by atoms with Crippen LogP contribution in [0.2, 0.25) is 0 Å². The summed E-state index contributed by atoms with van der Waals surface area (Å²) in [6.07, 6.45) is 0.781. The van der Waals surface area contributed by atoms with Gasteiger partial charge in [0.2, 0.25) is 0 Å². The maximum Gasteiger partial charge on any atom is 0.251 e. The summed E-state index contributed by atoms with van der Waals surface area (Å²) in [5.41, 5.74) is 1.83. The van der Waals surface area contributed by atoms with Gasteiger partial charge >= 0.3 is 0 Å². The number of amides is 1. The number of hydrogen-bond acceptors (Lipinski definition) is 4. The molecular formula is C19H31N3O2. The molecule has 1 aliphatic heterocycles. The average molecular weight is 333 g/mol. The fourth-order valence-corrected chi connectivity index (χ4v) is 3.09. The fraction of sp³-hybridized carbons (Fsp3) is 0.632. The van der Waals surface area contributed by atoms with Crippen LogP contribution in [0.5, 0.6) is 0 Å². The molecule has 0 saturated carbocycles. The molecule has 1 saturated heterocycles. The molecule has 1 atom stereocenters. The van der Waals surface area contributed by atoms with Gasteiger partial charge in [-0.1, -0.05) is 26.0 Å². The van der Waals surface area contributed by atoms with Gasteiger partial charge in [-0.25, -0.2) is 0 Å². The highest BCUT2D eigenvalue weighted by Crippen LogP contribution is 2.11. The minimum atomic E-state index is -0.182. The van der Waals surface area contributed by atoms with Crippen LogP contribution in [0.25, 0.3) is 0 Å². The highest BCUT2D eigenvalue weighted by atomic mass is 16.3. The Labute approximate surface area is 145 Å². The first-order chi connectivity index (χ1) is 11.5. The topological polar surface area (TPSA) is 55.8 Å². The summed E-state index contributed by atoms with van der Waals surface area (Å²) in [4.78, 5) is 17.2. The second-order valence-electron chi connectivity index (χ2n) is 7.26. The third-order valence-electron chi connectivity index (χ3n) is 4.50. The van der Waals surface area contributed by atoms with Crippen molar-refractivity contribution in [2.24, 2.45) is 5.92 Å². The van der Waals surface area contributed by atoms with E-state index in [-0.39, 0.29) is 18.6 Å². The lowest BCUT2D eigenvalue weighted by atomic mass is 10.0. The van der Waals surface area contributed by atoms with Crippen molar-refractivity contribution in [1.29, 1.82) is 0 Å². The van der Waals surface area contributed by atoms with Crippen molar-refractivity contribution < 1.29 is 9.90 Å². The van der Waals surface area contributed by atoms with Crippen LogP contribution < -0.4 is 5.32 Å². The zero-order valence-electron chi connectivity index (χ0n) is 15.2. The Morgan fingerprint density at radius 1 is 1.25 bits per heavy atom. The first-order valence-electron chi connectivity index (χ1n) is 8.89. The summed E-state index contributed by atoms with van der Waals surface area (Å²) in [6, 6.07) is 7.65. The lowest BCUT2D eigenvalue weighted by molar-refractivity contribution is 0.0908. The van der Waals surface area contributed by atoms with Crippen molar-refractivity contribution in [3.63, 3.8) is 0 Å². The van der Waals surface area contributed by atoms with Gasteiger partial charge in [-0.15, -0.1) is 0 Å². The molecule has 134 valence electrons. The van der Waals surface area contributed by atoms with E-state index in [0.717, 1.165) is 44.7 Å². The molecule has 1 unspecified atom stereocenters. The van der Waals surface area contributed by atoms with Crippen molar-refractivity contribution in [2.75, 3.05) is 39.8 Å². The summed E-state index contributed by atoms with van der Waals surface area (Å²) in [6.45, 7) is 9.34. The molecule has 0 spiro atoms. The standard InChI is InChI=1S/C19H31N3O2/c1-15(2)11-18(14-23)20-19(24)17-6-4-5-16(12-17)13-22-9-7-21(3)8-10-22/h4-6,12,15,18,23H,7-11,13-14H2,1-3H3,(H,20,24). The number of rotatable bonds is 7. The minimum Gasteiger partial charge on any atom is -0.394 e. The first kappa shape index (κ1) is 18.9. The minimum absolute atomic E-state index is 0.0229. The normalized spacial score (nSPS) is 17.9. The van der Waals surface area contributed by atoms with Gasteiger partial charge in [0.15, 0.2) is 0 Å². The third-order valence-corrected chi connectivity index (χ3v) is 4.50. The van der Waals surface area contributed by atoms with E-state index >= 15 is 0 Å². The molecule has 1 aromatic carbocycles. The van der Waals surface area contributed by atoms with Crippen molar-refractivity contribution in [2.45, 2.75) is 32.9 Å². The summed E-state index contributed by atoms with van der Waals surface area (Å²) in [7, 11) is 2.15. The van der Waals surface area contributed by atoms with Gasteiger partial charge in [0.05, 0.1) is 12.6 Å². The Bertz CT molecular complexity index is 525. The number of hydrogen-bond donors (Lipinski definition) is 2. The molecule has 1 amide bonds. The van der Waals surface area contributed by atoms with Crippen LogP contribution in [0, 0.1) is 5.92 Å². The maximum atomic E-state index is 12.4. The van der Waals surface area contributed by atoms with E-state index in [9.17, 15) is 9.90 Å². The van der Waals surface area contributed by atoms with Gasteiger partial charge in [-0.05, 0) is 37.1 Å². The molecule has 0 aromatic heterocycles. The summed E-state index contributed by atoms with van der Waals surface area (Å²) in [5.74, 6) is 0.334. The molecule has 0 bridgehead atoms. The van der Waals surface area contributed by atoms with Crippen LogP contribution in [0.15, 0.2) is 24.3 Å². The number of aliphatic hydroxyl groups is 1. The van der Waals surface area contributed by atoms with Gasteiger partial charge in [-0.3, -0.25) is 9.69 Å². The summed E-state index contributed by atoms with van der Waals surface area (Å²) >= 11 is 0. The van der Waals surface area contributed by atoms with Gasteiger partial charge in [-0.2, -0.15) is 0 Å². The van der Waals surface area contributed by atoms with Crippen molar-refractivity contribution in [3.05, 3.63) is 35.4 Å². The maximum absolute atomic E-state index is 12.4. The van der Waals surface area contributed by atoms with Crippen LogP contribution in [0.3, 0.4) is 0 Å². The Balaban J connectivity index is 1.94. The predicted molar refractivity (Wildman–Crippen MR) is 97.0 cm³/mol. The highest BCUT2D eigenvalue weighted by molar-refractivity contribution is 5.94. The molecule has 24 heavy (non-hydrogen) atoms. The Morgan fingerprint density at radius 3 is 2.58 bits per heavy atom.